The molecule has 2 aromatic heterocycles. The zero-order valence-electron chi connectivity index (χ0n) is 14.9. The van der Waals surface area contributed by atoms with Crippen LogP contribution in [0.2, 0.25) is 0 Å². The smallest absolute Gasteiger partial charge is 0.409 e. The molecule has 2 heterocycles. The average Bonchev–Trinajstić information content (AvgIpc) is 3.33. The molecule has 0 saturated heterocycles. The van der Waals surface area contributed by atoms with Gasteiger partial charge in [-0.3, -0.25) is 5.32 Å². The van der Waals surface area contributed by atoms with Gasteiger partial charge in [0.25, 0.3) is 0 Å². The summed E-state index contributed by atoms with van der Waals surface area (Å²) in [5.41, 5.74) is 4.75. The van der Waals surface area contributed by atoms with Crippen molar-refractivity contribution in [3.05, 3.63) is 65.7 Å². The summed E-state index contributed by atoms with van der Waals surface area (Å²) in [4.78, 5) is 11.0. The molecule has 0 spiro atoms. The summed E-state index contributed by atoms with van der Waals surface area (Å²) >= 11 is 0. The van der Waals surface area contributed by atoms with Crippen molar-refractivity contribution in [2.45, 2.75) is 13.3 Å². The Labute approximate surface area is 159 Å². The highest BCUT2D eigenvalue weighted by atomic mass is 16.5. The van der Waals surface area contributed by atoms with E-state index < -0.39 is 6.09 Å². The number of amides is 1. The van der Waals surface area contributed by atoms with Gasteiger partial charge in [0, 0.05) is 12.0 Å². The highest BCUT2D eigenvalue weighted by Crippen LogP contribution is 2.31. The summed E-state index contributed by atoms with van der Waals surface area (Å²) in [6, 6.07) is 15.8. The maximum absolute atomic E-state index is 11.0. The minimum atomic E-state index is -1.16. The fraction of sp³-hybridized carbons (Fsp3) is 0.105. The van der Waals surface area contributed by atoms with Crippen LogP contribution in [0.5, 0.6) is 0 Å². The molecule has 9 nitrogen and oxygen atoms in total. The lowest BCUT2D eigenvalue weighted by Gasteiger charge is -2.06. The van der Waals surface area contributed by atoms with Gasteiger partial charge in [-0.05, 0) is 23.6 Å². The molecule has 0 saturated carbocycles. The molecule has 2 aromatic carbocycles. The Bertz CT molecular complexity index is 1090. The Balaban J connectivity index is 1.54. The van der Waals surface area contributed by atoms with Crippen molar-refractivity contribution in [3.8, 4) is 22.4 Å². The van der Waals surface area contributed by atoms with Gasteiger partial charge in [0.15, 0.2) is 11.6 Å². The minimum absolute atomic E-state index is 0.353. The highest BCUT2D eigenvalue weighted by Gasteiger charge is 2.16. The Hall–Kier alpha value is -4.01. The van der Waals surface area contributed by atoms with Gasteiger partial charge < -0.3 is 9.63 Å². The summed E-state index contributed by atoms with van der Waals surface area (Å²) in [7, 11) is 0. The van der Waals surface area contributed by atoms with Gasteiger partial charge >= 0.3 is 6.09 Å². The van der Waals surface area contributed by atoms with Crippen molar-refractivity contribution in [2.75, 3.05) is 5.32 Å². The number of carboxylic acid groups (broad SMARTS) is 1. The van der Waals surface area contributed by atoms with Gasteiger partial charge in [-0.1, -0.05) is 58.9 Å². The number of tetrazole rings is 1. The number of rotatable bonds is 5. The van der Waals surface area contributed by atoms with Crippen molar-refractivity contribution in [1.29, 1.82) is 0 Å². The molecule has 0 fully saturated rings. The summed E-state index contributed by atoms with van der Waals surface area (Å²) in [5.74, 6) is 1.06. The fourth-order valence-corrected chi connectivity index (χ4v) is 2.90. The van der Waals surface area contributed by atoms with Crippen LogP contribution < -0.4 is 5.32 Å². The number of H-pyrrole nitrogens is 1. The van der Waals surface area contributed by atoms with Gasteiger partial charge in [-0.25, -0.2) is 4.79 Å². The van der Waals surface area contributed by atoms with Gasteiger partial charge in [0.2, 0.25) is 0 Å². The first kappa shape index (κ1) is 17.4. The van der Waals surface area contributed by atoms with Crippen LogP contribution in [0.3, 0.4) is 0 Å². The van der Waals surface area contributed by atoms with Crippen LogP contribution in [0.15, 0.2) is 53.1 Å². The normalized spacial score (nSPS) is 10.8. The molecular weight excluding hydrogens is 360 g/mol. The van der Waals surface area contributed by atoms with E-state index in [0.29, 0.717) is 29.4 Å². The van der Waals surface area contributed by atoms with E-state index in [4.69, 9.17) is 9.63 Å². The van der Waals surface area contributed by atoms with Gasteiger partial charge in [0.1, 0.15) is 11.4 Å². The molecule has 28 heavy (non-hydrogen) atoms. The number of anilines is 1. The monoisotopic (exact) mass is 376 g/mol. The largest absolute Gasteiger partial charge is 0.465 e. The number of aromatic nitrogens is 5. The Morgan fingerprint density at radius 1 is 1.07 bits per heavy atom. The summed E-state index contributed by atoms with van der Waals surface area (Å²) < 4.78 is 5.13. The maximum atomic E-state index is 11.0. The molecule has 0 radical (unpaired) electrons. The first-order valence-corrected chi connectivity index (χ1v) is 8.48. The first-order chi connectivity index (χ1) is 13.6. The minimum Gasteiger partial charge on any atom is -0.465 e. The molecule has 1 amide bonds. The highest BCUT2D eigenvalue weighted by molar-refractivity contribution is 5.90. The van der Waals surface area contributed by atoms with Crippen molar-refractivity contribution >= 4 is 11.8 Å². The topological polar surface area (TPSA) is 130 Å². The maximum Gasteiger partial charge on any atom is 0.409 e. The van der Waals surface area contributed by atoms with E-state index in [0.717, 1.165) is 22.3 Å². The van der Waals surface area contributed by atoms with Crippen molar-refractivity contribution in [1.82, 2.24) is 25.8 Å². The molecule has 140 valence electrons. The Kier molecular flexibility index (Phi) is 4.55. The van der Waals surface area contributed by atoms with E-state index in [1.165, 1.54) is 0 Å². The second-order valence-electron chi connectivity index (χ2n) is 6.17. The molecule has 9 heteroatoms. The zero-order chi connectivity index (χ0) is 19.5. The quantitative estimate of drug-likeness (QED) is 0.486. The number of aryl methyl sites for hydroxylation is 1. The molecule has 0 atom stereocenters. The molecular formula is C19H16N6O3. The van der Waals surface area contributed by atoms with Crippen LogP contribution in [0.25, 0.3) is 22.4 Å². The van der Waals surface area contributed by atoms with Crippen molar-refractivity contribution in [2.24, 2.45) is 0 Å². The van der Waals surface area contributed by atoms with E-state index in [-0.39, 0.29) is 0 Å². The van der Waals surface area contributed by atoms with E-state index in [9.17, 15) is 4.79 Å². The standard InChI is InChI=1S/C19H16N6O3/c1-11-17(20-19(26)27)18(23-28-11)15-8-6-14(7-9-15)13-4-2-12(3-5-13)10-16-21-24-25-22-16/h2-9,20H,10H2,1H3,(H,26,27)(H,21,22,24,25). The summed E-state index contributed by atoms with van der Waals surface area (Å²) in [6.07, 6.45) is -0.550. The number of hydrogen-bond donors (Lipinski definition) is 3. The fourth-order valence-electron chi connectivity index (χ4n) is 2.90. The lowest BCUT2D eigenvalue weighted by molar-refractivity contribution is 0.209. The first-order valence-electron chi connectivity index (χ1n) is 8.48. The average molecular weight is 376 g/mol. The zero-order valence-corrected chi connectivity index (χ0v) is 14.9. The van der Waals surface area contributed by atoms with Crippen LogP contribution in [0.1, 0.15) is 17.1 Å². The molecule has 0 aliphatic rings. The SMILES string of the molecule is Cc1onc(-c2ccc(-c3ccc(Cc4nn[nH]n4)cc3)cc2)c1NC(=O)O. The van der Waals surface area contributed by atoms with Crippen LogP contribution in [0.4, 0.5) is 10.5 Å². The summed E-state index contributed by atoms with van der Waals surface area (Å²) in [6.45, 7) is 1.66. The molecule has 0 unspecified atom stereocenters. The van der Waals surface area contributed by atoms with E-state index in [1.54, 1.807) is 6.92 Å². The summed E-state index contributed by atoms with van der Waals surface area (Å²) in [5, 5.41) is 29.2. The number of nitrogens with one attached hydrogen (secondary N) is 2. The molecule has 4 rings (SSSR count). The van der Waals surface area contributed by atoms with E-state index in [2.05, 4.69) is 31.1 Å². The lowest BCUT2D eigenvalue weighted by Crippen LogP contribution is -2.08. The molecule has 0 aliphatic carbocycles. The van der Waals surface area contributed by atoms with E-state index >= 15 is 0 Å². The number of aromatic amines is 1. The molecule has 4 aromatic rings. The third-order valence-corrected chi connectivity index (χ3v) is 4.29. The molecule has 3 N–H and O–H groups in total. The number of benzene rings is 2. The Morgan fingerprint density at radius 2 is 1.71 bits per heavy atom. The Morgan fingerprint density at radius 3 is 2.32 bits per heavy atom. The van der Waals surface area contributed by atoms with Crippen LogP contribution in [-0.4, -0.2) is 37.0 Å². The number of nitrogens with zero attached hydrogens (tertiary/aromatic N) is 4. The molecule has 0 aliphatic heterocycles. The third-order valence-electron chi connectivity index (χ3n) is 4.29. The van der Waals surface area contributed by atoms with Crippen molar-refractivity contribution < 1.29 is 14.4 Å². The van der Waals surface area contributed by atoms with Gasteiger partial charge in [0.05, 0.1) is 0 Å². The van der Waals surface area contributed by atoms with Crippen LogP contribution in [-0.2, 0) is 6.42 Å². The second kappa shape index (κ2) is 7.31. The van der Waals surface area contributed by atoms with Crippen molar-refractivity contribution in [3.63, 3.8) is 0 Å². The molecule has 0 bridgehead atoms. The predicted molar refractivity (Wildman–Crippen MR) is 101 cm³/mol. The van der Waals surface area contributed by atoms with Gasteiger partial charge in [-0.2, -0.15) is 5.21 Å². The van der Waals surface area contributed by atoms with Gasteiger partial charge in [-0.15, -0.1) is 10.2 Å². The third kappa shape index (κ3) is 3.58. The second-order valence-corrected chi connectivity index (χ2v) is 6.17. The number of hydrogen-bond acceptors (Lipinski definition) is 6. The van der Waals surface area contributed by atoms with Crippen LogP contribution >= 0.6 is 0 Å². The lowest BCUT2D eigenvalue weighted by atomic mass is 10.0. The predicted octanol–water partition coefficient (Wildman–Crippen LogP) is 3.51. The van der Waals surface area contributed by atoms with Crippen LogP contribution in [0, 0.1) is 6.92 Å². The number of carbonyl (C=O) groups is 1. The van der Waals surface area contributed by atoms with E-state index in [1.807, 2.05) is 48.5 Å².